The minimum absolute atomic E-state index is 0.00280. The Kier molecular flexibility index (Phi) is 9.19. The smallest absolute Gasteiger partial charge is 0.220 e. The van der Waals surface area contributed by atoms with Crippen molar-refractivity contribution in [3.05, 3.63) is 29.8 Å². The van der Waals surface area contributed by atoms with Gasteiger partial charge in [-0.25, -0.2) is 0 Å². The Morgan fingerprint density at radius 2 is 1.70 bits per heavy atom. The Hall–Kier alpha value is -1.88. The summed E-state index contributed by atoms with van der Waals surface area (Å²) in [7, 11) is 0. The molecular formula is C25H38N2O3. The van der Waals surface area contributed by atoms with E-state index in [1.165, 1.54) is 38.6 Å². The van der Waals surface area contributed by atoms with Crippen LogP contribution >= 0.6 is 0 Å². The van der Waals surface area contributed by atoms with Gasteiger partial charge in [0.2, 0.25) is 5.91 Å². The molecule has 5 heteroatoms. The Labute approximate surface area is 181 Å². The van der Waals surface area contributed by atoms with Crippen LogP contribution in [0.1, 0.15) is 81.5 Å². The fourth-order valence-electron chi connectivity index (χ4n) is 4.62. The number of benzene rings is 1. The maximum atomic E-state index is 12.4. The zero-order chi connectivity index (χ0) is 21.2. The Balaban J connectivity index is 1.32. The summed E-state index contributed by atoms with van der Waals surface area (Å²) in [5.41, 5.74) is 0.641. The van der Waals surface area contributed by atoms with E-state index in [1.54, 1.807) is 12.1 Å². The molecule has 0 bridgehead atoms. The fraction of sp³-hybridized carbons (Fsp3) is 0.680. The van der Waals surface area contributed by atoms with E-state index in [0.29, 0.717) is 12.2 Å². The monoisotopic (exact) mass is 414 g/mol. The van der Waals surface area contributed by atoms with E-state index < -0.39 is 0 Å². The van der Waals surface area contributed by atoms with Crippen LogP contribution in [0.15, 0.2) is 24.3 Å². The van der Waals surface area contributed by atoms with E-state index in [1.807, 2.05) is 12.1 Å². The summed E-state index contributed by atoms with van der Waals surface area (Å²) in [6.07, 6.45) is 10.5. The number of nitrogens with one attached hydrogen (secondary N) is 1. The van der Waals surface area contributed by atoms with E-state index >= 15 is 0 Å². The molecule has 1 aromatic carbocycles. The summed E-state index contributed by atoms with van der Waals surface area (Å²) in [5.74, 6) is 1.66. The van der Waals surface area contributed by atoms with Crippen molar-refractivity contribution in [3.63, 3.8) is 0 Å². The van der Waals surface area contributed by atoms with Gasteiger partial charge < -0.3 is 15.0 Å². The predicted molar refractivity (Wildman–Crippen MR) is 120 cm³/mol. The molecule has 1 heterocycles. The highest BCUT2D eigenvalue weighted by Gasteiger charge is 2.23. The second-order valence-corrected chi connectivity index (χ2v) is 8.94. The second-order valence-electron chi connectivity index (χ2n) is 8.94. The van der Waals surface area contributed by atoms with Crippen molar-refractivity contribution in [2.24, 2.45) is 5.92 Å². The van der Waals surface area contributed by atoms with Crippen LogP contribution in [0.4, 0.5) is 0 Å². The molecular weight excluding hydrogens is 376 g/mol. The molecule has 1 aliphatic heterocycles. The van der Waals surface area contributed by atoms with Crippen LogP contribution in [-0.2, 0) is 4.79 Å². The molecule has 1 amide bonds. The lowest BCUT2D eigenvalue weighted by molar-refractivity contribution is -0.122. The number of amides is 1. The molecule has 2 aliphatic rings. The SMILES string of the molecule is CCCOc1ccc(C(=O)CCC(=O)NC2CCN(CC3CCCCC3)CC2)cc1. The summed E-state index contributed by atoms with van der Waals surface area (Å²) in [4.78, 5) is 27.3. The predicted octanol–water partition coefficient (Wildman–Crippen LogP) is 4.60. The minimum Gasteiger partial charge on any atom is -0.494 e. The molecule has 0 aromatic heterocycles. The van der Waals surface area contributed by atoms with Gasteiger partial charge in [-0.3, -0.25) is 9.59 Å². The molecule has 0 spiro atoms. The first-order valence-corrected chi connectivity index (χ1v) is 11.9. The molecule has 1 N–H and O–H groups in total. The van der Waals surface area contributed by atoms with Crippen molar-refractivity contribution < 1.29 is 14.3 Å². The first-order valence-electron chi connectivity index (χ1n) is 11.9. The van der Waals surface area contributed by atoms with Gasteiger partial charge in [0.05, 0.1) is 6.61 Å². The van der Waals surface area contributed by atoms with Crippen LogP contribution in [0, 0.1) is 5.92 Å². The number of Topliss-reactive ketones (excluding diaryl/α,β-unsaturated/α-hetero) is 1. The number of ketones is 1. The second kappa shape index (κ2) is 12.1. The van der Waals surface area contributed by atoms with Crippen molar-refractivity contribution in [3.8, 4) is 5.75 Å². The lowest BCUT2D eigenvalue weighted by Crippen LogP contribution is -2.46. The zero-order valence-electron chi connectivity index (χ0n) is 18.5. The first kappa shape index (κ1) is 22.8. The molecule has 1 aliphatic carbocycles. The van der Waals surface area contributed by atoms with Crippen LogP contribution in [-0.4, -0.2) is 48.9 Å². The molecule has 1 saturated heterocycles. The third kappa shape index (κ3) is 7.42. The summed E-state index contributed by atoms with van der Waals surface area (Å²) < 4.78 is 5.54. The normalized spacial score (nSPS) is 18.8. The van der Waals surface area contributed by atoms with Gasteiger partial charge >= 0.3 is 0 Å². The van der Waals surface area contributed by atoms with E-state index in [2.05, 4.69) is 17.1 Å². The van der Waals surface area contributed by atoms with Crippen LogP contribution in [0.5, 0.6) is 5.75 Å². The standard InChI is InChI=1S/C25H38N2O3/c1-2-18-30-23-10-8-21(9-11-23)24(28)12-13-25(29)26-22-14-16-27(17-15-22)19-20-6-4-3-5-7-20/h8-11,20,22H,2-7,12-19H2,1H3,(H,26,29). The Morgan fingerprint density at radius 3 is 2.37 bits per heavy atom. The number of likely N-dealkylation sites (tertiary alicyclic amines) is 1. The number of hydrogen-bond acceptors (Lipinski definition) is 4. The van der Waals surface area contributed by atoms with Crippen molar-refractivity contribution >= 4 is 11.7 Å². The van der Waals surface area contributed by atoms with Gasteiger partial charge in [0.1, 0.15) is 5.75 Å². The topological polar surface area (TPSA) is 58.6 Å². The van der Waals surface area contributed by atoms with Gasteiger partial charge in [-0.1, -0.05) is 26.2 Å². The molecule has 3 rings (SSSR count). The maximum absolute atomic E-state index is 12.4. The van der Waals surface area contributed by atoms with Gasteiger partial charge in [0.15, 0.2) is 5.78 Å². The quantitative estimate of drug-likeness (QED) is 0.569. The Bertz CT molecular complexity index is 659. The highest BCUT2D eigenvalue weighted by Crippen LogP contribution is 2.25. The van der Waals surface area contributed by atoms with E-state index in [9.17, 15) is 9.59 Å². The lowest BCUT2D eigenvalue weighted by Gasteiger charge is -2.35. The van der Waals surface area contributed by atoms with Crippen molar-refractivity contribution in [1.29, 1.82) is 0 Å². The molecule has 5 nitrogen and oxygen atoms in total. The van der Waals surface area contributed by atoms with Gasteiger partial charge in [-0.15, -0.1) is 0 Å². The highest BCUT2D eigenvalue weighted by atomic mass is 16.5. The number of hydrogen-bond donors (Lipinski definition) is 1. The third-order valence-electron chi connectivity index (χ3n) is 6.42. The average molecular weight is 415 g/mol. The van der Waals surface area contributed by atoms with Crippen molar-refractivity contribution in [1.82, 2.24) is 10.2 Å². The van der Waals surface area contributed by atoms with Gasteiger partial charge in [0, 0.05) is 44.1 Å². The van der Waals surface area contributed by atoms with Crippen molar-refractivity contribution in [2.45, 2.75) is 77.2 Å². The van der Waals surface area contributed by atoms with Gasteiger partial charge in [0.25, 0.3) is 0 Å². The lowest BCUT2D eigenvalue weighted by atomic mass is 9.88. The van der Waals surface area contributed by atoms with E-state index in [-0.39, 0.29) is 30.6 Å². The molecule has 0 atom stereocenters. The van der Waals surface area contributed by atoms with Crippen LogP contribution < -0.4 is 10.1 Å². The number of piperidine rings is 1. The molecule has 1 saturated carbocycles. The van der Waals surface area contributed by atoms with Crippen molar-refractivity contribution in [2.75, 3.05) is 26.2 Å². The molecule has 0 unspecified atom stereocenters. The first-order chi connectivity index (χ1) is 14.6. The van der Waals surface area contributed by atoms with E-state index in [0.717, 1.165) is 44.0 Å². The number of rotatable bonds is 10. The molecule has 0 radical (unpaired) electrons. The Morgan fingerprint density at radius 1 is 1.00 bits per heavy atom. The molecule has 1 aromatic rings. The summed E-state index contributed by atoms with van der Waals surface area (Å²) in [6, 6.07) is 7.47. The molecule has 2 fully saturated rings. The summed E-state index contributed by atoms with van der Waals surface area (Å²) >= 11 is 0. The summed E-state index contributed by atoms with van der Waals surface area (Å²) in [6.45, 7) is 6.12. The summed E-state index contributed by atoms with van der Waals surface area (Å²) in [5, 5.41) is 3.14. The average Bonchev–Trinajstić information content (AvgIpc) is 2.78. The van der Waals surface area contributed by atoms with Gasteiger partial charge in [-0.05, 0) is 62.3 Å². The largest absolute Gasteiger partial charge is 0.494 e. The molecule has 166 valence electrons. The van der Waals surface area contributed by atoms with Crippen LogP contribution in [0.25, 0.3) is 0 Å². The number of carbonyl (C=O) groups is 2. The highest BCUT2D eigenvalue weighted by molar-refractivity contribution is 5.98. The molecule has 30 heavy (non-hydrogen) atoms. The maximum Gasteiger partial charge on any atom is 0.220 e. The zero-order valence-corrected chi connectivity index (χ0v) is 18.5. The van der Waals surface area contributed by atoms with Gasteiger partial charge in [-0.2, -0.15) is 0 Å². The minimum atomic E-state index is -0.00280. The van der Waals surface area contributed by atoms with Crippen LogP contribution in [0.3, 0.4) is 0 Å². The van der Waals surface area contributed by atoms with E-state index in [4.69, 9.17) is 4.74 Å². The fourth-order valence-corrected chi connectivity index (χ4v) is 4.62. The number of ether oxygens (including phenoxy) is 1. The van der Waals surface area contributed by atoms with Crippen LogP contribution in [0.2, 0.25) is 0 Å². The number of nitrogens with zero attached hydrogens (tertiary/aromatic N) is 1. The number of carbonyl (C=O) groups excluding carboxylic acids is 2. The third-order valence-corrected chi connectivity index (χ3v) is 6.42.